The number of aryl methyl sites for hydroxylation is 2. The van der Waals surface area contributed by atoms with Crippen LogP contribution in [0.1, 0.15) is 58.1 Å². The molecule has 1 aromatic heterocycles. The van der Waals surface area contributed by atoms with Crippen LogP contribution in [0.2, 0.25) is 0 Å². The van der Waals surface area contributed by atoms with Crippen molar-refractivity contribution in [1.29, 1.82) is 0 Å². The van der Waals surface area contributed by atoms with Gasteiger partial charge in [0.2, 0.25) is 0 Å². The molecule has 0 spiro atoms. The largest absolute Gasteiger partial charge is 0.346 e. The van der Waals surface area contributed by atoms with Crippen LogP contribution in [-0.2, 0) is 19.4 Å². The number of nitrogens with one attached hydrogen (secondary N) is 1. The average molecular weight is 350 g/mol. The normalized spacial score (nSPS) is 17.9. The summed E-state index contributed by atoms with van der Waals surface area (Å²) in [5.41, 5.74) is 5.41. The first kappa shape index (κ1) is 17.2. The Morgan fingerprint density at radius 3 is 2.77 bits per heavy atom. The van der Waals surface area contributed by atoms with Gasteiger partial charge in [-0.15, -0.1) is 0 Å². The second kappa shape index (κ2) is 7.54. The highest BCUT2D eigenvalue weighted by Gasteiger charge is 2.23. The highest BCUT2D eigenvalue weighted by atomic mass is 16.1. The SMILES string of the molecule is CN1CCC(c2nccnc2CNC(=O)c2ccc3c(c2)CCC3)CC1. The quantitative estimate of drug-likeness (QED) is 0.921. The van der Waals surface area contributed by atoms with E-state index in [1.807, 2.05) is 12.1 Å². The standard InChI is InChI=1S/C21H26N4O/c1-25-11-7-16(8-12-25)20-19(22-9-10-23-20)14-24-21(26)18-6-5-15-3-2-4-17(15)13-18/h5-6,9-10,13,16H,2-4,7-8,11-12,14H2,1H3,(H,24,26). The topological polar surface area (TPSA) is 58.1 Å². The van der Waals surface area contributed by atoms with E-state index in [2.05, 4.69) is 33.3 Å². The number of fused-ring (bicyclic) bond motifs is 1. The van der Waals surface area contributed by atoms with E-state index in [-0.39, 0.29) is 5.91 Å². The third kappa shape index (κ3) is 3.63. The van der Waals surface area contributed by atoms with E-state index < -0.39 is 0 Å². The molecule has 2 aliphatic rings. The lowest BCUT2D eigenvalue weighted by Crippen LogP contribution is -2.31. The van der Waals surface area contributed by atoms with Crippen LogP contribution < -0.4 is 5.32 Å². The molecule has 2 aromatic rings. The number of carbonyl (C=O) groups excluding carboxylic acids is 1. The summed E-state index contributed by atoms with van der Waals surface area (Å²) in [6.45, 7) is 2.61. The van der Waals surface area contributed by atoms with Crippen molar-refractivity contribution >= 4 is 5.91 Å². The Bertz CT molecular complexity index is 796. The van der Waals surface area contributed by atoms with Gasteiger partial charge in [0.25, 0.3) is 5.91 Å². The van der Waals surface area contributed by atoms with Crippen LogP contribution in [0.3, 0.4) is 0 Å². The maximum Gasteiger partial charge on any atom is 0.251 e. The number of hydrogen-bond acceptors (Lipinski definition) is 4. The molecule has 4 rings (SSSR count). The van der Waals surface area contributed by atoms with Crippen LogP contribution in [0.25, 0.3) is 0 Å². The minimum atomic E-state index is -0.0281. The smallest absolute Gasteiger partial charge is 0.251 e. The summed E-state index contributed by atoms with van der Waals surface area (Å²) in [5, 5.41) is 3.04. The van der Waals surface area contributed by atoms with E-state index in [1.165, 1.54) is 17.5 Å². The van der Waals surface area contributed by atoms with Gasteiger partial charge in [0.05, 0.1) is 17.9 Å². The number of likely N-dealkylation sites (tertiary alicyclic amines) is 1. The number of aromatic nitrogens is 2. The molecule has 0 atom stereocenters. The molecule has 5 heteroatoms. The molecule has 5 nitrogen and oxygen atoms in total. The first-order valence-electron chi connectivity index (χ1n) is 9.59. The second-order valence-electron chi connectivity index (χ2n) is 7.49. The van der Waals surface area contributed by atoms with Gasteiger partial charge in [0.1, 0.15) is 0 Å². The summed E-state index contributed by atoms with van der Waals surface area (Å²) >= 11 is 0. The lowest BCUT2D eigenvalue weighted by atomic mass is 9.92. The molecule has 1 aliphatic carbocycles. The van der Waals surface area contributed by atoms with Gasteiger partial charge < -0.3 is 10.2 Å². The molecule has 1 aliphatic heterocycles. The first-order chi connectivity index (χ1) is 12.7. The monoisotopic (exact) mass is 350 g/mol. The molecule has 1 amide bonds. The maximum absolute atomic E-state index is 12.6. The molecule has 136 valence electrons. The molecule has 0 unspecified atom stereocenters. The van der Waals surface area contributed by atoms with Gasteiger partial charge in [0.15, 0.2) is 0 Å². The van der Waals surface area contributed by atoms with Crippen LogP contribution in [0.15, 0.2) is 30.6 Å². The number of hydrogen-bond donors (Lipinski definition) is 1. The molecule has 1 aromatic carbocycles. The number of carbonyl (C=O) groups is 1. The molecule has 1 fully saturated rings. The summed E-state index contributed by atoms with van der Waals surface area (Å²) in [7, 11) is 2.16. The molecule has 1 N–H and O–H groups in total. The fraction of sp³-hybridized carbons (Fsp3) is 0.476. The zero-order chi connectivity index (χ0) is 17.9. The van der Waals surface area contributed by atoms with Gasteiger partial charge >= 0.3 is 0 Å². The Balaban J connectivity index is 1.44. The summed E-state index contributed by atoms with van der Waals surface area (Å²) in [5.74, 6) is 0.409. The third-order valence-corrected chi connectivity index (χ3v) is 5.69. The van der Waals surface area contributed by atoms with Crippen molar-refractivity contribution in [2.24, 2.45) is 0 Å². The van der Waals surface area contributed by atoms with Crippen LogP contribution in [-0.4, -0.2) is 40.9 Å². The van der Waals surface area contributed by atoms with Crippen molar-refractivity contribution in [2.75, 3.05) is 20.1 Å². The van der Waals surface area contributed by atoms with E-state index in [0.717, 1.165) is 55.7 Å². The molecular formula is C21H26N4O. The predicted molar refractivity (Wildman–Crippen MR) is 101 cm³/mol. The number of nitrogens with zero attached hydrogens (tertiary/aromatic N) is 3. The molecule has 1 saturated heterocycles. The molecule has 0 radical (unpaired) electrons. The summed E-state index contributed by atoms with van der Waals surface area (Å²) in [6.07, 6.45) is 9.09. The molecular weight excluding hydrogens is 324 g/mol. The Hall–Kier alpha value is -2.27. The number of piperidine rings is 1. The Morgan fingerprint density at radius 2 is 1.92 bits per heavy atom. The van der Waals surface area contributed by atoms with Crippen LogP contribution in [0.5, 0.6) is 0 Å². The van der Waals surface area contributed by atoms with Gasteiger partial charge in [-0.05, 0) is 75.5 Å². The summed E-state index contributed by atoms with van der Waals surface area (Å²) in [4.78, 5) is 24.0. The molecule has 0 saturated carbocycles. The number of benzene rings is 1. The fourth-order valence-electron chi connectivity index (χ4n) is 4.12. The Morgan fingerprint density at radius 1 is 1.15 bits per heavy atom. The van der Waals surface area contributed by atoms with Crippen molar-refractivity contribution in [1.82, 2.24) is 20.2 Å². The van der Waals surface area contributed by atoms with Gasteiger partial charge in [-0.2, -0.15) is 0 Å². The van der Waals surface area contributed by atoms with E-state index in [9.17, 15) is 4.79 Å². The highest BCUT2D eigenvalue weighted by Crippen LogP contribution is 2.27. The highest BCUT2D eigenvalue weighted by molar-refractivity contribution is 5.94. The lowest BCUT2D eigenvalue weighted by molar-refractivity contribution is 0.0950. The fourth-order valence-corrected chi connectivity index (χ4v) is 4.12. The maximum atomic E-state index is 12.6. The Kier molecular flexibility index (Phi) is 4.98. The average Bonchev–Trinajstić information content (AvgIpc) is 3.15. The van der Waals surface area contributed by atoms with E-state index in [0.29, 0.717) is 12.5 Å². The van der Waals surface area contributed by atoms with Gasteiger partial charge in [-0.1, -0.05) is 6.07 Å². The van der Waals surface area contributed by atoms with E-state index >= 15 is 0 Å². The minimum absolute atomic E-state index is 0.0281. The molecule has 26 heavy (non-hydrogen) atoms. The van der Waals surface area contributed by atoms with Gasteiger partial charge in [0, 0.05) is 23.9 Å². The van der Waals surface area contributed by atoms with Crippen molar-refractivity contribution in [3.05, 3.63) is 58.7 Å². The van der Waals surface area contributed by atoms with Crippen molar-refractivity contribution in [2.45, 2.75) is 44.6 Å². The van der Waals surface area contributed by atoms with Crippen molar-refractivity contribution < 1.29 is 4.79 Å². The molecule has 0 bridgehead atoms. The first-order valence-corrected chi connectivity index (χ1v) is 9.59. The predicted octanol–water partition coefficient (Wildman–Crippen LogP) is 2.70. The molecule has 2 heterocycles. The number of amides is 1. The van der Waals surface area contributed by atoms with E-state index in [4.69, 9.17) is 0 Å². The van der Waals surface area contributed by atoms with Crippen LogP contribution in [0, 0.1) is 0 Å². The Labute approximate surface area is 154 Å². The lowest BCUT2D eigenvalue weighted by Gasteiger charge is -2.29. The zero-order valence-corrected chi connectivity index (χ0v) is 15.4. The summed E-state index contributed by atoms with van der Waals surface area (Å²) < 4.78 is 0. The number of rotatable bonds is 4. The summed E-state index contributed by atoms with van der Waals surface area (Å²) in [6, 6.07) is 6.09. The zero-order valence-electron chi connectivity index (χ0n) is 15.4. The van der Waals surface area contributed by atoms with Gasteiger partial charge in [-0.3, -0.25) is 14.8 Å². The van der Waals surface area contributed by atoms with Crippen LogP contribution >= 0.6 is 0 Å². The van der Waals surface area contributed by atoms with E-state index in [1.54, 1.807) is 12.4 Å². The minimum Gasteiger partial charge on any atom is -0.346 e. The van der Waals surface area contributed by atoms with Crippen LogP contribution in [0.4, 0.5) is 0 Å². The van der Waals surface area contributed by atoms with Crippen molar-refractivity contribution in [3.63, 3.8) is 0 Å². The second-order valence-corrected chi connectivity index (χ2v) is 7.49. The third-order valence-electron chi connectivity index (χ3n) is 5.69. The van der Waals surface area contributed by atoms with Gasteiger partial charge in [-0.25, -0.2) is 0 Å². The van der Waals surface area contributed by atoms with Crippen molar-refractivity contribution in [3.8, 4) is 0 Å².